The van der Waals surface area contributed by atoms with Crippen LogP contribution in [-0.4, -0.2) is 19.0 Å². The minimum Gasteiger partial charge on any atom is -0.495 e. The molecule has 4 rings (SSSR count). The van der Waals surface area contributed by atoms with Gasteiger partial charge in [-0.05, 0) is 36.8 Å². The molecule has 1 N–H and O–H groups in total. The highest BCUT2D eigenvalue weighted by molar-refractivity contribution is 5.99. The van der Waals surface area contributed by atoms with Crippen molar-refractivity contribution in [2.24, 2.45) is 0 Å². The molecular weight excluding hydrogens is 394 g/mol. The number of hydrogen-bond acceptors (Lipinski definition) is 5. The number of nitrogens with one attached hydrogen (secondary N) is 1. The topological polar surface area (TPSA) is 77.8 Å². The number of benzene rings is 3. The molecule has 1 amide bonds. The van der Waals surface area contributed by atoms with E-state index in [0.29, 0.717) is 22.6 Å². The van der Waals surface area contributed by atoms with Gasteiger partial charge in [-0.2, -0.15) is 0 Å². The van der Waals surface area contributed by atoms with Crippen molar-refractivity contribution in [1.82, 2.24) is 0 Å². The second kappa shape index (κ2) is 8.75. The number of para-hydroxylation sites is 1. The van der Waals surface area contributed by atoms with Crippen molar-refractivity contribution < 1.29 is 23.5 Å². The maximum Gasteiger partial charge on any atom is 0.375 e. The normalized spacial score (nSPS) is 11.7. The summed E-state index contributed by atoms with van der Waals surface area (Å²) in [6.07, 6.45) is -1.17. The Hall–Kier alpha value is -4.06. The monoisotopic (exact) mass is 415 g/mol. The molecular formula is C25H21NO5. The quantitative estimate of drug-likeness (QED) is 0.433. The fourth-order valence-electron chi connectivity index (χ4n) is 3.27. The summed E-state index contributed by atoms with van der Waals surface area (Å²) < 4.78 is 16.5. The third-order valence-corrected chi connectivity index (χ3v) is 4.80. The third kappa shape index (κ3) is 4.43. The second-order valence-electron chi connectivity index (χ2n) is 7.04. The summed E-state index contributed by atoms with van der Waals surface area (Å²) in [4.78, 5) is 26.0. The average Bonchev–Trinajstić information content (AvgIpc) is 3.22. The van der Waals surface area contributed by atoms with E-state index in [1.807, 2.05) is 37.3 Å². The number of aryl methyl sites for hydroxylation is 1. The van der Waals surface area contributed by atoms with Gasteiger partial charge in [0.15, 0.2) is 0 Å². The van der Waals surface area contributed by atoms with Crippen LogP contribution < -0.4 is 10.1 Å². The van der Waals surface area contributed by atoms with Crippen LogP contribution in [-0.2, 0) is 9.53 Å². The zero-order valence-corrected chi connectivity index (χ0v) is 17.1. The van der Waals surface area contributed by atoms with Gasteiger partial charge in [0.2, 0.25) is 11.9 Å². The van der Waals surface area contributed by atoms with E-state index in [0.717, 1.165) is 10.9 Å². The van der Waals surface area contributed by atoms with Crippen LogP contribution in [0, 0.1) is 6.92 Å². The molecule has 1 aromatic heterocycles. The summed E-state index contributed by atoms with van der Waals surface area (Å²) in [5.74, 6) is -0.687. The maximum atomic E-state index is 13.2. The predicted molar refractivity (Wildman–Crippen MR) is 117 cm³/mol. The molecule has 3 aromatic carbocycles. The molecule has 1 heterocycles. The van der Waals surface area contributed by atoms with E-state index in [1.165, 1.54) is 7.11 Å². The summed E-state index contributed by atoms with van der Waals surface area (Å²) in [6, 6.07) is 23.1. The molecule has 4 aromatic rings. The Labute approximate surface area is 179 Å². The molecule has 0 saturated heterocycles. The number of hydrogen-bond donors (Lipinski definition) is 1. The molecule has 1 atom stereocenters. The van der Waals surface area contributed by atoms with E-state index in [-0.39, 0.29) is 5.76 Å². The van der Waals surface area contributed by atoms with Crippen LogP contribution >= 0.6 is 0 Å². The summed E-state index contributed by atoms with van der Waals surface area (Å²) in [6.45, 7) is 1.91. The number of ether oxygens (including phenoxy) is 2. The number of esters is 1. The van der Waals surface area contributed by atoms with Crippen LogP contribution in [0.25, 0.3) is 11.0 Å². The van der Waals surface area contributed by atoms with E-state index < -0.39 is 18.0 Å². The van der Waals surface area contributed by atoms with Crippen LogP contribution in [0.5, 0.6) is 5.75 Å². The molecule has 156 valence electrons. The third-order valence-electron chi connectivity index (χ3n) is 4.80. The van der Waals surface area contributed by atoms with E-state index in [1.54, 1.807) is 48.5 Å². The van der Waals surface area contributed by atoms with Crippen LogP contribution in [0.4, 0.5) is 5.69 Å². The van der Waals surface area contributed by atoms with Gasteiger partial charge in [0.05, 0.1) is 12.8 Å². The highest BCUT2D eigenvalue weighted by Crippen LogP contribution is 2.29. The van der Waals surface area contributed by atoms with E-state index in [2.05, 4.69) is 5.32 Å². The van der Waals surface area contributed by atoms with Gasteiger partial charge in [0.25, 0.3) is 5.91 Å². The Morgan fingerprint density at radius 3 is 2.42 bits per heavy atom. The number of amides is 1. The van der Waals surface area contributed by atoms with Crippen molar-refractivity contribution in [3.63, 3.8) is 0 Å². The van der Waals surface area contributed by atoms with Crippen LogP contribution in [0.15, 0.2) is 83.3 Å². The highest BCUT2D eigenvalue weighted by Gasteiger charge is 2.28. The molecule has 6 heteroatoms. The fraction of sp³-hybridized carbons (Fsp3) is 0.120. The number of fused-ring (bicyclic) bond motifs is 1. The first kappa shape index (κ1) is 20.2. The average molecular weight is 415 g/mol. The second-order valence-corrected chi connectivity index (χ2v) is 7.04. The van der Waals surface area contributed by atoms with Crippen molar-refractivity contribution in [2.75, 3.05) is 12.4 Å². The zero-order chi connectivity index (χ0) is 21.8. The summed E-state index contributed by atoms with van der Waals surface area (Å²) in [5.41, 5.74) is 2.55. The number of carbonyl (C=O) groups is 2. The van der Waals surface area contributed by atoms with Gasteiger partial charge in [0, 0.05) is 10.9 Å². The first-order valence-electron chi connectivity index (χ1n) is 9.75. The molecule has 0 aliphatic rings. The Balaban J connectivity index is 1.62. The summed E-state index contributed by atoms with van der Waals surface area (Å²) in [5, 5.41) is 3.59. The van der Waals surface area contributed by atoms with E-state index in [4.69, 9.17) is 13.9 Å². The lowest BCUT2D eigenvalue weighted by atomic mass is 10.1. The number of furan rings is 1. The van der Waals surface area contributed by atoms with Gasteiger partial charge in [0.1, 0.15) is 11.3 Å². The Morgan fingerprint density at radius 1 is 0.935 bits per heavy atom. The first-order valence-corrected chi connectivity index (χ1v) is 9.75. The zero-order valence-electron chi connectivity index (χ0n) is 17.1. The lowest BCUT2D eigenvalue weighted by Gasteiger charge is -2.18. The summed E-state index contributed by atoms with van der Waals surface area (Å²) in [7, 11) is 1.52. The van der Waals surface area contributed by atoms with Gasteiger partial charge >= 0.3 is 5.97 Å². The van der Waals surface area contributed by atoms with Crippen LogP contribution in [0.2, 0.25) is 0 Å². The fourth-order valence-corrected chi connectivity index (χ4v) is 3.27. The molecule has 0 spiro atoms. The molecule has 0 fully saturated rings. The van der Waals surface area contributed by atoms with Crippen molar-refractivity contribution in [3.8, 4) is 5.75 Å². The van der Waals surface area contributed by atoms with Gasteiger partial charge in [-0.15, -0.1) is 0 Å². The van der Waals surface area contributed by atoms with Crippen molar-refractivity contribution in [3.05, 3.63) is 95.7 Å². The lowest BCUT2D eigenvalue weighted by molar-refractivity contribution is -0.125. The predicted octanol–water partition coefficient (Wildman–Crippen LogP) is 5.29. The Kier molecular flexibility index (Phi) is 5.71. The molecule has 0 saturated carbocycles. The Bertz CT molecular complexity index is 1200. The minimum absolute atomic E-state index is 0.0306. The minimum atomic E-state index is -1.17. The van der Waals surface area contributed by atoms with E-state index in [9.17, 15) is 9.59 Å². The van der Waals surface area contributed by atoms with Gasteiger partial charge in [-0.3, -0.25) is 4.79 Å². The Morgan fingerprint density at radius 2 is 1.68 bits per heavy atom. The van der Waals surface area contributed by atoms with Gasteiger partial charge in [-0.1, -0.05) is 54.6 Å². The number of rotatable bonds is 6. The molecule has 0 unspecified atom stereocenters. The first-order chi connectivity index (χ1) is 15.0. The number of anilines is 1. The van der Waals surface area contributed by atoms with Crippen LogP contribution in [0.1, 0.15) is 27.8 Å². The molecule has 31 heavy (non-hydrogen) atoms. The molecule has 0 bridgehead atoms. The van der Waals surface area contributed by atoms with E-state index >= 15 is 0 Å². The maximum absolute atomic E-state index is 13.2. The molecule has 0 aliphatic carbocycles. The smallest absolute Gasteiger partial charge is 0.375 e. The van der Waals surface area contributed by atoms with Crippen molar-refractivity contribution in [1.29, 1.82) is 0 Å². The number of methoxy groups -OCH3 is 1. The lowest BCUT2D eigenvalue weighted by Crippen LogP contribution is -2.26. The largest absolute Gasteiger partial charge is 0.495 e. The summed E-state index contributed by atoms with van der Waals surface area (Å²) >= 11 is 0. The molecule has 0 aliphatic heterocycles. The van der Waals surface area contributed by atoms with Gasteiger partial charge in [-0.25, -0.2) is 4.79 Å². The van der Waals surface area contributed by atoms with Crippen LogP contribution in [0.3, 0.4) is 0 Å². The highest BCUT2D eigenvalue weighted by atomic mass is 16.6. The van der Waals surface area contributed by atoms with Gasteiger partial charge < -0.3 is 19.2 Å². The van der Waals surface area contributed by atoms with Crippen molar-refractivity contribution >= 4 is 28.5 Å². The number of carbonyl (C=O) groups excluding carboxylic acids is 2. The molecule has 0 radical (unpaired) electrons. The SMILES string of the molecule is COc1ccc(C)cc1NC(=O)[C@H](OC(=O)c1cc2ccccc2o1)c1ccccc1. The van der Waals surface area contributed by atoms with Crippen molar-refractivity contribution in [2.45, 2.75) is 13.0 Å². The molecule has 6 nitrogen and oxygen atoms in total. The standard InChI is InChI=1S/C25H21NO5/c1-16-12-13-21(29-2)19(14-16)26-24(27)23(17-8-4-3-5-9-17)31-25(28)22-15-18-10-6-7-11-20(18)30-22/h3-15,23H,1-2H3,(H,26,27)/t23-/m1/s1.